The molecule has 145 valence electrons. The maximum absolute atomic E-state index is 10.2. The van der Waals surface area contributed by atoms with Gasteiger partial charge in [-0.25, -0.2) is 14.4 Å². The third-order valence-corrected chi connectivity index (χ3v) is 3.06. The Morgan fingerprint density at radius 1 is 0.429 bits per heavy atom. The predicted molar refractivity (Wildman–Crippen MR) is 100 cm³/mol. The largest absolute Gasteiger partial charge is 0.478 e. The van der Waals surface area contributed by atoms with Crippen LogP contribution in [-0.4, -0.2) is 33.2 Å². The summed E-state index contributed by atoms with van der Waals surface area (Å²) in [5.74, 6) is -2.64. The smallest absolute Gasteiger partial charge is 0.335 e. The third kappa shape index (κ3) is 10.7. The number of rotatable bonds is 3. The molecule has 0 fully saturated rings. The van der Waals surface area contributed by atoms with E-state index in [-0.39, 0.29) is 49.4 Å². The molecule has 3 aromatic carbocycles. The molecule has 0 unspecified atom stereocenters. The number of carbonyl (C=O) groups is 3. The standard InChI is InChI=1S/3C7H6O2.Eu/c3*8-7(9)6-4-2-1-3-5-6;/h3*1-5H,(H,8,9);. The van der Waals surface area contributed by atoms with E-state index >= 15 is 0 Å². The molecule has 0 saturated heterocycles. The van der Waals surface area contributed by atoms with Gasteiger partial charge in [0.1, 0.15) is 0 Å². The minimum Gasteiger partial charge on any atom is -0.478 e. The van der Waals surface area contributed by atoms with Crippen molar-refractivity contribution in [3.05, 3.63) is 108 Å². The van der Waals surface area contributed by atoms with Gasteiger partial charge in [0.2, 0.25) is 0 Å². The van der Waals surface area contributed by atoms with E-state index in [9.17, 15) is 14.4 Å². The van der Waals surface area contributed by atoms with E-state index in [0.717, 1.165) is 0 Å². The first-order chi connectivity index (χ1) is 12.9. The fourth-order valence-corrected chi connectivity index (χ4v) is 1.74. The van der Waals surface area contributed by atoms with Crippen LogP contribution in [0.1, 0.15) is 31.1 Å². The van der Waals surface area contributed by atoms with Crippen LogP contribution in [0.2, 0.25) is 0 Å². The molecule has 1 radical (unpaired) electrons. The molecule has 0 aromatic heterocycles. The average Bonchev–Trinajstić information content (AvgIpc) is 2.71. The van der Waals surface area contributed by atoms with Gasteiger partial charge in [-0.2, -0.15) is 0 Å². The molecule has 0 saturated carbocycles. The molecule has 3 aromatic rings. The second-order valence-electron chi connectivity index (χ2n) is 5.01. The topological polar surface area (TPSA) is 112 Å². The summed E-state index contributed by atoms with van der Waals surface area (Å²) < 4.78 is 0. The first kappa shape index (κ1) is 25.7. The summed E-state index contributed by atoms with van der Waals surface area (Å²) in [5, 5.41) is 25.2. The van der Waals surface area contributed by atoms with Crippen molar-refractivity contribution in [2.45, 2.75) is 0 Å². The Morgan fingerprint density at radius 3 is 0.714 bits per heavy atom. The molecule has 0 aliphatic heterocycles. The van der Waals surface area contributed by atoms with Gasteiger partial charge in [-0.3, -0.25) is 0 Å². The Kier molecular flexibility index (Phi) is 13.5. The van der Waals surface area contributed by atoms with Gasteiger partial charge in [-0.05, 0) is 36.4 Å². The molecule has 3 N–H and O–H groups in total. The van der Waals surface area contributed by atoms with Gasteiger partial charge >= 0.3 is 17.9 Å². The summed E-state index contributed by atoms with van der Waals surface area (Å²) in [6.07, 6.45) is 0. The van der Waals surface area contributed by atoms with Crippen molar-refractivity contribution in [2.24, 2.45) is 0 Å². The normalized spacial score (nSPS) is 8.57. The van der Waals surface area contributed by atoms with Crippen molar-refractivity contribution in [2.75, 3.05) is 0 Å². The molecule has 0 heterocycles. The van der Waals surface area contributed by atoms with Gasteiger partial charge in [0.25, 0.3) is 0 Å². The minimum absolute atomic E-state index is 0. The number of hydrogen-bond donors (Lipinski definition) is 3. The molecular formula is C21H18EuO6. The molecule has 0 aliphatic carbocycles. The Bertz CT molecular complexity index is 734. The SMILES string of the molecule is O=C(O)c1ccccc1.O=C(O)c1ccccc1.O=C(O)c1ccccc1.[Eu]. The van der Waals surface area contributed by atoms with Gasteiger partial charge < -0.3 is 15.3 Å². The molecule has 0 atom stereocenters. The molecule has 28 heavy (non-hydrogen) atoms. The van der Waals surface area contributed by atoms with Gasteiger partial charge in [0.15, 0.2) is 0 Å². The van der Waals surface area contributed by atoms with E-state index < -0.39 is 17.9 Å². The summed E-state index contributed by atoms with van der Waals surface area (Å²) in [5.41, 5.74) is 0.993. The molecule has 0 amide bonds. The monoisotopic (exact) mass is 519 g/mol. The molecule has 0 spiro atoms. The van der Waals surface area contributed by atoms with Crippen LogP contribution in [0.25, 0.3) is 0 Å². The van der Waals surface area contributed by atoms with Crippen molar-refractivity contribution >= 4 is 17.9 Å². The Labute approximate surface area is 203 Å². The molecule has 3 rings (SSSR count). The van der Waals surface area contributed by atoms with Crippen LogP contribution in [0.15, 0.2) is 91.0 Å². The van der Waals surface area contributed by atoms with E-state index in [1.165, 1.54) is 0 Å². The molecule has 0 aliphatic rings. The predicted octanol–water partition coefficient (Wildman–Crippen LogP) is 4.15. The second-order valence-corrected chi connectivity index (χ2v) is 5.01. The molecule has 6 nitrogen and oxygen atoms in total. The van der Waals surface area contributed by atoms with Crippen LogP contribution in [0, 0.1) is 49.4 Å². The van der Waals surface area contributed by atoms with Crippen LogP contribution in [-0.2, 0) is 0 Å². The zero-order valence-electron chi connectivity index (χ0n) is 14.6. The van der Waals surface area contributed by atoms with Crippen molar-refractivity contribution in [1.29, 1.82) is 0 Å². The minimum atomic E-state index is -0.879. The maximum Gasteiger partial charge on any atom is 0.335 e. The zero-order chi connectivity index (χ0) is 20.1. The number of benzene rings is 3. The Morgan fingerprint density at radius 2 is 0.607 bits per heavy atom. The van der Waals surface area contributed by atoms with Crippen LogP contribution in [0.4, 0.5) is 0 Å². The summed E-state index contributed by atoms with van der Waals surface area (Å²) in [6.45, 7) is 0. The quantitative estimate of drug-likeness (QED) is 0.481. The summed E-state index contributed by atoms with van der Waals surface area (Å²) in [7, 11) is 0. The fourth-order valence-electron chi connectivity index (χ4n) is 1.74. The van der Waals surface area contributed by atoms with Crippen molar-refractivity contribution in [3.8, 4) is 0 Å². The number of aromatic carboxylic acids is 3. The maximum atomic E-state index is 10.2. The molecule has 0 bridgehead atoms. The zero-order valence-corrected chi connectivity index (χ0v) is 17.0. The van der Waals surface area contributed by atoms with E-state index in [1.54, 1.807) is 91.0 Å². The van der Waals surface area contributed by atoms with E-state index in [2.05, 4.69) is 0 Å². The fraction of sp³-hybridized carbons (Fsp3) is 0. The summed E-state index contributed by atoms with van der Waals surface area (Å²) in [4.78, 5) is 30.6. The average molecular weight is 518 g/mol. The first-order valence-electron chi connectivity index (χ1n) is 7.77. The van der Waals surface area contributed by atoms with E-state index in [0.29, 0.717) is 16.7 Å². The van der Waals surface area contributed by atoms with Crippen LogP contribution in [0.3, 0.4) is 0 Å². The van der Waals surface area contributed by atoms with Gasteiger partial charge in [-0.1, -0.05) is 54.6 Å². The van der Waals surface area contributed by atoms with Crippen LogP contribution < -0.4 is 0 Å². The van der Waals surface area contributed by atoms with Gasteiger partial charge in [0.05, 0.1) is 16.7 Å². The van der Waals surface area contributed by atoms with Crippen molar-refractivity contribution < 1.29 is 79.1 Å². The third-order valence-electron chi connectivity index (χ3n) is 3.06. The van der Waals surface area contributed by atoms with Gasteiger partial charge in [0, 0.05) is 49.4 Å². The van der Waals surface area contributed by atoms with Crippen molar-refractivity contribution in [3.63, 3.8) is 0 Å². The Hall–Kier alpha value is -2.35. The van der Waals surface area contributed by atoms with Gasteiger partial charge in [-0.15, -0.1) is 0 Å². The van der Waals surface area contributed by atoms with Crippen molar-refractivity contribution in [1.82, 2.24) is 0 Å². The first-order valence-corrected chi connectivity index (χ1v) is 7.77. The van der Waals surface area contributed by atoms with Crippen LogP contribution in [0.5, 0.6) is 0 Å². The number of carboxylic acid groups (broad SMARTS) is 3. The summed E-state index contributed by atoms with van der Waals surface area (Å²) in [6, 6.07) is 24.9. The molecule has 7 heteroatoms. The Balaban J connectivity index is 0.000000384. The van der Waals surface area contributed by atoms with Crippen LogP contribution >= 0.6 is 0 Å². The van der Waals surface area contributed by atoms with E-state index in [1.807, 2.05) is 0 Å². The number of hydrogen-bond acceptors (Lipinski definition) is 3. The summed E-state index contributed by atoms with van der Waals surface area (Å²) >= 11 is 0. The number of carboxylic acids is 3. The second kappa shape index (κ2) is 14.7. The molecular weight excluding hydrogens is 500 g/mol. The van der Waals surface area contributed by atoms with E-state index in [4.69, 9.17) is 15.3 Å².